The van der Waals surface area contributed by atoms with E-state index in [1.54, 1.807) is 12.1 Å². The first-order valence-electron chi connectivity index (χ1n) is 6.76. The zero-order chi connectivity index (χ0) is 12.5. The van der Waals surface area contributed by atoms with Crippen LogP contribution in [0.5, 0.6) is 0 Å². The third-order valence-electron chi connectivity index (χ3n) is 3.05. The molecule has 1 aromatic rings. The third kappa shape index (κ3) is 5.31. The molecule has 0 aliphatic heterocycles. The molecule has 0 aliphatic rings. The van der Waals surface area contributed by atoms with Crippen LogP contribution in [0, 0.1) is 5.82 Å². The van der Waals surface area contributed by atoms with Crippen LogP contribution in [0.3, 0.4) is 0 Å². The topological polar surface area (TPSA) is 12.0 Å². The summed E-state index contributed by atoms with van der Waals surface area (Å²) in [7, 11) is 0. The van der Waals surface area contributed by atoms with Gasteiger partial charge in [0.05, 0.1) is 0 Å². The van der Waals surface area contributed by atoms with Crippen molar-refractivity contribution in [2.45, 2.75) is 52.0 Å². The Morgan fingerprint density at radius 1 is 1.18 bits per heavy atom. The number of unbranched alkanes of at least 4 members (excludes halogenated alkanes) is 3. The highest BCUT2D eigenvalue weighted by molar-refractivity contribution is 5.20. The predicted molar refractivity (Wildman–Crippen MR) is 71.6 cm³/mol. The summed E-state index contributed by atoms with van der Waals surface area (Å²) in [5, 5.41) is 3.44. The van der Waals surface area contributed by atoms with Gasteiger partial charge in [0.2, 0.25) is 0 Å². The summed E-state index contributed by atoms with van der Waals surface area (Å²) in [6, 6.07) is 7.25. The zero-order valence-corrected chi connectivity index (χ0v) is 11.0. The van der Waals surface area contributed by atoms with E-state index in [1.807, 2.05) is 6.07 Å². The van der Waals surface area contributed by atoms with E-state index in [9.17, 15) is 4.39 Å². The average Bonchev–Trinajstić information content (AvgIpc) is 2.33. The molecule has 0 amide bonds. The molecule has 0 saturated carbocycles. The molecule has 2 heteroatoms. The van der Waals surface area contributed by atoms with Crippen molar-refractivity contribution in [2.75, 3.05) is 6.54 Å². The van der Waals surface area contributed by atoms with E-state index in [2.05, 4.69) is 19.2 Å². The van der Waals surface area contributed by atoms with E-state index >= 15 is 0 Å². The largest absolute Gasteiger partial charge is 0.310 e. The van der Waals surface area contributed by atoms with Crippen LogP contribution in [0.2, 0.25) is 0 Å². The first-order valence-corrected chi connectivity index (χ1v) is 6.76. The van der Waals surface area contributed by atoms with Crippen LogP contribution in [0.4, 0.5) is 4.39 Å². The second kappa shape index (κ2) is 8.24. The van der Waals surface area contributed by atoms with E-state index in [1.165, 1.54) is 31.7 Å². The fourth-order valence-corrected chi connectivity index (χ4v) is 2.13. The normalized spacial score (nSPS) is 12.6. The smallest absolute Gasteiger partial charge is 0.123 e. The molecule has 0 saturated heterocycles. The Bertz CT molecular complexity index is 312. The second-order valence-corrected chi connectivity index (χ2v) is 4.51. The Morgan fingerprint density at radius 2 is 2.00 bits per heavy atom. The summed E-state index contributed by atoms with van der Waals surface area (Å²) in [6.07, 6.45) is 6.13. The monoisotopic (exact) mass is 237 g/mol. The number of nitrogens with one attached hydrogen (secondary N) is 1. The molecule has 0 fully saturated rings. The van der Waals surface area contributed by atoms with Gasteiger partial charge < -0.3 is 5.32 Å². The molecular weight excluding hydrogens is 213 g/mol. The van der Waals surface area contributed by atoms with Gasteiger partial charge in [-0.1, -0.05) is 51.7 Å². The van der Waals surface area contributed by atoms with E-state index < -0.39 is 0 Å². The molecule has 1 N–H and O–H groups in total. The van der Waals surface area contributed by atoms with Crippen molar-refractivity contribution in [1.82, 2.24) is 5.32 Å². The van der Waals surface area contributed by atoms with Crippen molar-refractivity contribution in [3.05, 3.63) is 35.6 Å². The first-order chi connectivity index (χ1) is 8.27. The van der Waals surface area contributed by atoms with Crippen LogP contribution in [-0.2, 0) is 0 Å². The SMILES string of the molecule is CCCCCCC(NCC)c1cccc(F)c1. The quantitative estimate of drug-likeness (QED) is 0.659. The summed E-state index contributed by atoms with van der Waals surface area (Å²) in [4.78, 5) is 0. The number of hydrogen-bond donors (Lipinski definition) is 1. The van der Waals surface area contributed by atoms with Gasteiger partial charge in [-0.15, -0.1) is 0 Å². The Balaban J connectivity index is 2.52. The van der Waals surface area contributed by atoms with Gasteiger partial charge in [0.1, 0.15) is 5.82 Å². The third-order valence-corrected chi connectivity index (χ3v) is 3.05. The summed E-state index contributed by atoms with van der Waals surface area (Å²) in [6.45, 7) is 5.24. The fraction of sp³-hybridized carbons (Fsp3) is 0.600. The van der Waals surface area contributed by atoms with Gasteiger partial charge in [0.15, 0.2) is 0 Å². The van der Waals surface area contributed by atoms with Crippen LogP contribution >= 0.6 is 0 Å². The maximum absolute atomic E-state index is 13.2. The minimum Gasteiger partial charge on any atom is -0.310 e. The van der Waals surface area contributed by atoms with Crippen LogP contribution in [0.15, 0.2) is 24.3 Å². The van der Waals surface area contributed by atoms with Crippen molar-refractivity contribution < 1.29 is 4.39 Å². The minimum atomic E-state index is -0.140. The van der Waals surface area contributed by atoms with Gasteiger partial charge in [-0.3, -0.25) is 0 Å². The molecule has 1 aromatic carbocycles. The number of rotatable bonds is 8. The Hall–Kier alpha value is -0.890. The lowest BCUT2D eigenvalue weighted by molar-refractivity contribution is 0.479. The van der Waals surface area contributed by atoms with Gasteiger partial charge in [-0.2, -0.15) is 0 Å². The summed E-state index contributed by atoms with van der Waals surface area (Å²) >= 11 is 0. The molecule has 0 heterocycles. The molecule has 0 bridgehead atoms. The summed E-state index contributed by atoms with van der Waals surface area (Å²) < 4.78 is 13.2. The van der Waals surface area contributed by atoms with Gasteiger partial charge in [-0.25, -0.2) is 4.39 Å². The Morgan fingerprint density at radius 3 is 2.65 bits per heavy atom. The van der Waals surface area contributed by atoms with E-state index in [0.29, 0.717) is 6.04 Å². The van der Waals surface area contributed by atoms with Crippen LogP contribution in [0.1, 0.15) is 57.6 Å². The molecule has 1 atom stereocenters. The van der Waals surface area contributed by atoms with Gasteiger partial charge >= 0.3 is 0 Å². The predicted octanol–water partition coefficient (Wildman–Crippen LogP) is 4.45. The van der Waals surface area contributed by atoms with Crippen molar-refractivity contribution in [3.63, 3.8) is 0 Å². The highest BCUT2D eigenvalue weighted by Gasteiger charge is 2.10. The summed E-state index contributed by atoms with van der Waals surface area (Å²) in [5.74, 6) is -0.140. The zero-order valence-electron chi connectivity index (χ0n) is 11.0. The lowest BCUT2D eigenvalue weighted by Crippen LogP contribution is -2.20. The van der Waals surface area contributed by atoms with E-state index in [4.69, 9.17) is 0 Å². The molecule has 1 nitrogen and oxygen atoms in total. The Kier molecular flexibility index (Phi) is 6.87. The van der Waals surface area contributed by atoms with Crippen LogP contribution in [-0.4, -0.2) is 6.54 Å². The van der Waals surface area contributed by atoms with Crippen molar-refractivity contribution in [2.24, 2.45) is 0 Å². The van der Waals surface area contributed by atoms with E-state index in [-0.39, 0.29) is 5.82 Å². The molecule has 0 aromatic heterocycles. The average molecular weight is 237 g/mol. The lowest BCUT2D eigenvalue weighted by Gasteiger charge is -2.18. The number of benzene rings is 1. The van der Waals surface area contributed by atoms with Crippen molar-refractivity contribution >= 4 is 0 Å². The molecule has 0 spiro atoms. The molecule has 0 radical (unpaired) electrons. The first kappa shape index (κ1) is 14.2. The van der Waals surface area contributed by atoms with Crippen LogP contribution < -0.4 is 5.32 Å². The standard InChI is InChI=1S/C15H24FN/c1-3-5-6-7-11-15(17-4-2)13-9-8-10-14(16)12-13/h8-10,12,15,17H,3-7,11H2,1-2H3. The summed E-state index contributed by atoms with van der Waals surface area (Å²) in [5.41, 5.74) is 1.07. The molecule has 1 unspecified atom stereocenters. The lowest BCUT2D eigenvalue weighted by atomic mass is 10.00. The molecule has 17 heavy (non-hydrogen) atoms. The highest BCUT2D eigenvalue weighted by Crippen LogP contribution is 2.20. The molecule has 0 aliphatic carbocycles. The second-order valence-electron chi connectivity index (χ2n) is 4.51. The number of hydrogen-bond acceptors (Lipinski definition) is 1. The van der Waals surface area contributed by atoms with Gasteiger partial charge in [0, 0.05) is 6.04 Å². The van der Waals surface area contributed by atoms with Crippen molar-refractivity contribution in [1.29, 1.82) is 0 Å². The fourth-order valence-electron chi connectivity index (χ4n) is 2.13. The maximum atomic E-state index is 13.2. The Labute approximate surface area is 104 Å². The highest BCUT2D eigenvalue weighted by atomic mass is 19.1. The minimum absolute atomic E-state index is 0.140. The van der Waals surface area contributed by atoms with Crippen LogP contribution in [0.25, 0.3) is 0 Å². The van der Waals surface area contributed by atoms with Gasteiger partial charge in [0.25, 0.3) is 0 Å². The van der Waals surface area contributed by atoms with Crippen molar-refractivity contribution in [3.8, 4) is 0 Å². The van der Waals surface area contributed by atoms with E-state index in [0.717, 1.165) is 18.5 Å². The molecule has 1 rings (SSSR count). The van der Waals surface area contributed by atoms with Gasteiger partial charge in [-0.05, 0) is 30.7 Å². The maximum Gasteiger partial charge on any atom is 0.123 e. The molecular formula is C15H24FN. The number of halogens is 1. The molecule has 96 valence electrons.